The lowest BCUT2D eigenvalue weighted by molar-refractivity contribution is 0.185. The van der Waals surface area contributed by atoms with E-state index in [1.807, 2.05) is 18.2 Å². The Hall–Kier alpha value is -1.24. The molecule has 2 aliphatic heterocycles. The van der Waals surface area contributed by atoms with Gasteiger partial charge in [0.25, 0.3) is 0 Å². The van der Waals surface area contributed by atoms with Crippen LogP contribution in [0.1, 0.15) is 12.8 Å². The largest absolute Gasteiger partial charge is 0.365 e. The van der Waals surface area contributed by atoms with Gasteiger partial charge in [-0.25, -0.2) is 0 Å². The molecule has 0 N–H and O–H groups in total. The van der Waals surface area contributed by atoms with Gasteiger partial charge >= 0.3 is 0 Å². The third kappa shape index (κ3) is 1.54. The lowest BCUT2D eigenvalue weighted by Crippen LogP contribution is -2.43. The number of allylic oxidation sites excluding steroid dienone is 3. The van der Waals surface area contributed by atoms with Gasteiger partial charge in [-0.05, 0) is 30.9 Å². The Morgan fingerprint density at radius 3 is 2.57 bits per heavy atom. The van der Waals surface area contributed by atoms with Crippen LogP contribution in [0.4, 0.5) is 0 Å². The van der Waals surface area contributed by atoms with Crippen molar-refractivity contribution in [2.45, 2.75) is 18.9 Å². The predicted molar refractivity (Wildman–Crippen MR) is 60.8 cm³/mol. The Morgan fingerprint density at radius 2 is 2.14 bits per heavy atom. The third-order valence-electron chi connectivity index (χ3n) is 3.10. The van der Waals surface area contributed by atoms with E-state index >= 15 is 0 Å². The normalized spacial score (nSPS) is 30.6. The van der Waals surface area contributed by atoms with Crippen molar-refractivity contribution in [3.63, 3.8) is 0 Å². The van der Waals surface area contributed by atoms with Crippen LogP contribution >= 0.6 is 0 Å². The summed E-state index contributed by atoms with van der Waals surface area (Å²) in [6.07, 6.45) is 13.1. The first-order valence-electron chi connectivity index (χ1n) is 5.25. The minimum Gasteiger partial charge on any atom is -0.365 e. The highest BCUT2D eigenvalue weighted by atomic mass is 15.2. The van der Waals surface area contributed by atoms with Crippen molar-refractivity contribution in [2.24, 2.45) is 5.92 Å². The summed E-state index contributed by atoms with van der Waals surface area (Å²) in [4.78, 5) is 2.43. The van der Waals surface area contributed by atoms with Crippen LogP contribution in [-0.2, 0) is 0 Å². The molecule has 2 bridgehead atoms. The molecule has 0 spiro atoms. The maximum atomic E-state index is 3.86. The van der Waals surface area contributed by atoms with Gasteiger partial charge in [-0.3, -0.25) is 0 Å². The average Bonchev–Trinajstić information content (AvgIpc) is 2.27. The van der Waals surface area contributed by atoms with E-state index in [9.17, 15) is 0 Å². The second-order valence-electron chi connectivity index (χ2n) is 3.97. The summed E-state index contributed by atoms with van der Waals surface area (Å²) in [6, 6.07) is 0.587. The zero-order chi connectivity index (χ0) is 9.97. The molecule has 0 aromatic rings. The van der Waals surface area contributed by atoms with Gasteiger partial charge in [0.1, 0.15) is 0 Å². The van der Waals surface area contributed by atoms with Crippen LogP contribution < -0.4 is 0 Å². The SMILES string of the molecule is C=C/C=C(\C=C)N1CC2C=CC1CC2. The van der Waals surface area contributed by atoms with Crippen LogP contribution in [-0.4, -0.2) is 17.5 Å². The summed E-state index contributed by atoms with van der Waals surface area (Å²) in [5.74, 6) is 0.744. The fourth-order valence-corrected chi connectivity index (χ4v) is 2.36. The molecular weight excluding hydrogens is 170 g/mol. The summed E-state index contributed by atoms with van der Waals surface area (Å²) in [5.41, 5.74) is 1.21. The van der Waals surface area contributed by atoms with E-state index < -0.39 is 0 Å². The molecule has 0 amide bonds. The lowest BCUT2D eigenvalue weighted by Gasteiger charge is -2.43. The van der Waals surface area contributed by atoms with E-state index in [0.717, 1.165) is 12.5 Å². The van der Waals surface area contributed by atoms with Crippen LogP contribution in [0.15, 0.2) is 49.2 Å². The highest BCUT2D eigenvalue weighted by Crippen LogP contribution is 2.32. The smallest absolute Gasteiger partial charge is 0.0473 e. The zero-order valence-electron chi connectivity index (χ0n) is 8.52. The minimum atomic E-state index is 0.587. The highest BCUT2D eigenvalue weighted by molar-refractivity contribution is 5.25. The molecule has 1 fully saturated rings. The predicted octanol–water partition coefficient (Wildman–Crippen LogP) is 2.89. The molecule has 2 unspecified atom stereocenters. The molecule has 0 radical (unpaired) electrons. The third-order valence-corrected chi connectivity index (χ3v) is 3.10. The van der Waals surface area contributed by atoms with E-state index in [0.29, 0.717) is 6.04 Å². The number of rotatable bonds is 3. The molecule has 1 aliphatic carbocycles. The topological polar surface area (TPSA) is 3.24 Å². The molecule has 0 aromatic heterocycles. The zero-order valence-corrected chi connectivity index (χ0v) is 8.52. The molecule has 1 heteroatoms. The molecule has 74 valence electrons. The molecule has 3 aliphatic rings. The number of piperidine rings is 1. The Morgan fingerprint density at radius 1 is 1.29 bits per heavy atom. The first-order chi connectivity index (χ1) is 6.85. The quantitative estimate of drug-likeness (QED) is 0.485. The van der Waals surface area contributed by atoms with Crippen molar-refractivity contribution in [3.8, 4) is 0 Å². The summed E-state index contributed by atoms with van der Waals surface area (Å²) in [7, 11) is 0. The average molecular weight is 187 g/mol. The van der Waals surface area contributed by atoms with Crippen molar-refractivity contribution in [2.75, 3.05) is 6.54 Å². The van der Waals surface area contributed by atoms with Crippen molar-refractivity contribution in [1.82, 2.24) is 4.90 Å². The summed E-state index contributed by atoms with van der Waals surface area (Å²) >= 11 is 0. The molecular formula is C13H17N. The lowest BCUT2D eigenvalue weighted by atomic mass is 9.85. The van der Waals surface area contributed by atoms with Gasteiger partial charge < -0.3 is 4.90 Å². The standard InChI is InChI=1S/C13H17N/c1-3-5-12(4-2)14-10-11-6-8-13(14)9-7-11/h3-6,8,11,13H,1-2,7,9-10H2/b12-5+. The molecule has 1 nitrogen and oxygen atoms in total. The van der Waals surface area contributed by atoms with Crippen LogP contribution in [0.2, 0.25) is 0 Å². The Labute approximate surface area is 86.1 Å². The van der Waals surface area contributed by atoms with Gasteiger partial charge in [-0.2, -0.15) is 0 Å². The molecule has 14 heavy (non-hydrogen) atoms. The Bertz CT molecular complexity index is 298. The van der Waals surface area contributed by atoms with Crippen LogP contribution in [0.25, 0.3) is 0 Å². The monoisotopic (exact) mass is 187 g/mol. The number of hydrogen-bond donors (Lipinski definition) is 0. The van der Waals surface area contributed by atoms with Crippen LogP contribution in [0.3, 0.4) is 0 Å². The van der Waals surface area contributed by atoms with Crippen molar-refractivity contribution >= 4 is 0 Å². The minimum absolute atomic E-state index is 0.587. The van der Waals surface area contributed by atoms with Gasteiger partial charge in [0.2, 0.25) is 0 Å². The van der Waals surface area contributed by atoms with Gasteiger partial charge in [0, 0.05) is 18.3 Å². The highest BCUT2D eigenvalue weighted by Gasteiger charge is 2.29. The van der Waals surface area contributed by atoms with E-state index in [-0.39, 0.29) is 0 Å². The second-order valence-corrected chi connectivity index (χ2v) is 3.97. The van der Waals surface area contributed by atoms with Crippen LogP contribution in [0, 0.1) is 5.92 Å². The number of nitrogens with zero attached hydrogens (tertiary/aromatic N) is 1. The summed E-state index contributed by atoms with van der Waals surface area (Å²) < 4.78 is 0. The molecule has 0 aromatic carbocycles. The maximum absolute atomic E-state index is 3.86. The number of hydrogen-bond acceptors (Lipinski definition) is 1. The molecule has 2 heterocycles. The molecule has 2 atom stereocenters. The van der Waals surface area contributed by atoms with Gasteiger partial charge in [0.05, 0.1) is 0 Å². The molecule has 0 saturated carbocycles. The first kappa shape index (κ1) is 9.32. The number of fused-ring (bicyclic) bond motifs is 2. The van der Waals surface area contributed by atoms with E-state index in [1.54, 1.807) is 0 Å². The first-order valence-corrected chi connectivity index (χ1v) is 5.25. The summed E-state index contributed by atoms with van der Waals surface area (Å²) in [5, 5.41) is 0. The van der Waals surface area contributed by atoms with E-state index in [4.69, 9.17) is 0 Å². The van der Waals surface area contributed by atoms with Gasteiger partial charge in [-0.1, -0.05) is 31.4 Å². The summed E-state index contributed by atoms with van der Waals surface area (Å²) in [6.45, 7) is 8.74. The Kier molecular flexibility index (Phi) is 2.58. The van der Waals surface area contributed by atoms with E-state index in [2.05, 4.69) is 30.2 Å². The Balaban J connectivity index is 2.19. The van der Waals surface area contributed by atoms with Gasteiger partial charge in [-0.15, -0.1) is 0 Å². The van der Waals surface area contributed by atoms with Crippen LogP contribution in [0.5, 0.6) is 0 Å². The van der Waals surface area contributed by atoms with E-state index in [1.165, 1.54) is 18.5 Å². The van der Waals surface area contributed by atoms with Crippen molar-refractivity contribution < 1.29 is 0 Å². The maximum Gasteiger partial charge on any atom is 0.0473 e. The fraction of sp³-hybridized carbons (Fsp3) is 0.385. The second kappa shape index (κ2) is 3.87. The van der Waals surface area contributed by atoms with Crippen molar-refractivity contribution in [3.05, 3.63) is 49.2 Å². The van der Waals surface area contributed by atoms with Crippen molar-refractivity contribution in [1.29, 1.82) is 0 Å². The van der Waals surface area contributed by atoms with Gasteiger partial charge in [0.15, 0.2) is 0 Å². The molecule has 1 saturated heterocycles. The fourth-order valence-electron chi connectivity index (χ4n) is 2.36. The molecule has 3 rings (SSSR count).